The quantitative estimate of drug-likeness (QED) is 0.771. The SMILES string of the molecule is CN(C)C(=O)CCNC(=O)c1cccc(C(N)=S)c1. The van der Waals surface area contributed by atoms with Gasteiger partial charge in [0.25, 0.3) is 5.91 Å². The van der Waals surface area contributed by atoms with Crippen LogP contribution < -0.4 is 11.1 Å². The first-order valence-electron chi connectivity index (χ1n) is 5.80. The van der Waals surface area contributed by atoms with Gasteiger partial charge in [0.2, 0.25) is 5.91 Å². The molecular formula is C13H17N3O2S. The molecule has 102 valence electrons. The number of rotatable bonds is 5. The zero-order chi connectivity index (χ0) is 14.4. The van der Waals surface area contributed by atoms with Gasteiger partial charge >= 0.3 is 0 Å². The lowest BCUT2D eigenvalue weighted by Gasteiger charge is -2.10. The lowest BCUT2D eigenvalue weighted by molar-refractivity contribution is -0.128. The molecule has 1 rings (SSSR count). The van der Waals surface area contributed by atoms with E-state index in [0.29, 0.717) is 17.7 Å². The van der Waals surface area contributed by atoms with E-state index in [1.54, 1.807) is 38.4 Å². The Morgan fingerprint density at radius 1 is 1.32 bits per heavy atom. The van der Waals surface area contributed by atoms with Crippen molar-refractivity contribution in [3.8, 4) is 0 Å². The highest BCUT2D eigenvalue weighted by Gasteiger charge is 2.08. The summed E-state index contributed by atoms with van der Waals surface area (Å²) in [5.74, 6) is -0.276. The van der Waals surface area contributed by atoms with Gasteiger partial charge in [0.15, 0.2) is 0 Å². The number of nitrogens with one attached hydrogen (secondary N) is 1. The minimum absolute atomic E-state index is 0.0304. The average molecular weight is 279 g/mol. The number of nitrogens with two attached hydrogens (primary N) is 1. The van der Waals surface area contributed by atoms with Crippen LogP contribution in [0.25, 0.3) is 0 Å². The van der Waals surface area contributed by atoms with E-state index in [1.807, 2.05) is 0 Å². The van der Waals surface area contributed by atoms with E-state index in [4.69, 9.17) is 18.0 Å². The minimum atomic E-state index is -0.246. The predicted octanol–water partition coefficient (Wildman–Crippen LogP) is 0.529. The number of hydrogen-bond donors (Lipinski definition) is 2. The van der Waals surface area contributed by atoms with Crippen LogP contribution >= 0.6 is 12.2 Å². The molecule has 0 atom stereocenters. The van der Waals surface area contributed by atoms with Crippen LogP contribution in [0.4, 0.5) is 0 Å². The second-order valence-electron chi connectivity index (χ2n) is 4.24. The molecule has 1 aromatic rings. The largest absolute Gasteiger partial charge is 0.389 e. The third-order valence-electron chi connectivity index (χ3n) is 2.53. The van der Waals surface area contributed by atoms with Crippen molar-refractivity contribution in [1.29, 1.82) is 0 Å². The summed E-state index contributed by atoms with van der Waals surface area (Å²) in [7, 11) is 3.35. The number of benzene rings is 1. The molecule has 0 aromatic heterocycles. The van der Waals surface area contributed by atoms with Gasteiger partial charge in [0, 0.05) is 38.2 Å². The Kier molecular flexibility index (Phi) is 5.44. The summed E-state index contributed by atoms with van der Waals surface area (Å²) >= 11 is 4.85. The summed E-state index contributed by atoms with van der Waals surface area (Å²) in [6, 6.07) is 6.76. The third-order valence-corrected chi connectivity index (χ3v) is 2.77. The van der Waals surface area contributed by atoms with Gasteiger partial charge < -0.3 is 16.0 Å². The smallest absolute Gasteiger partial charge is 0.251 e. The maximum Gasteiger partial charge on any atom is 0.251 e. The number of carbonyl (C=O) groups excluding carboxylic acids is 2. The molecule has 1 aromatic carbocycles. The van der Waals surface area contributed by atoms with Crippen LogP contribution in [0.1, 0.15) is 22.3 Å². The second kappa shape index (κ2) is 6.84. The summed E-state index contributed by atoms with van der Waals surface area (Å²) < 4.78 is 0. The summed E-state index contributed by atoms with van der Waals surface area (Å²) in [4.78, 5) is 24.9. The van der Waals surface area contributed by atoms with E-state index >= 15 is 0 Å². The van der Waals surface area contributed by atoms with Gasteiger partial charge in [-0.25, -0.2) is 0 Å². The van der Waals surface area contributed by atoms with Gasteiger partial charge in [0.05, 0.1) is 0 Å². The topological polar surface area (TPSA) is 75.4 Å². The van der Waals surface area contributed by atoms with Crippen LogP contribution in [0.2, 0.25) is 0 Å². The normalized spacial score (nSPS) is 9.79. The van der Waals surface area contributed by atoms with Crippen LogP contribution in [0, 0.1) is 0 Å². The molecule has 0 aliphatic heterocycles. The maximum absolute atomic E-state index is 11.9. The number of thiocarbonyl (C=S) groups is 1. The predicted molar refractivity (Wildman–Crippen MR) is 78.0 cm³/mol. The fraction of sp³-hybridized carbons (Fsp3) is 0.308. The van der Waals surface area contributed by atoms with Crippen molar-refractivity contribution >= 4 is 29.0 Å². The highest BCUT2D eigenvalue weighted by molar-refractivity contribution is 7.80. The summed E-state index contributed by atoms with van der Waals surface area (Å²) in [6.07, 6.45) is 0.272. The summed E-state index contributed by atoms with van der Waals surface area (Å²) in [6.45, 7) is 0.299. The van der Waals surface area contributed by atoms with E-state index in [1.165, 1.54) is 4.90 Å². The van der Waals surface area contributed by atoms with Crippen molar-refractivity contribution in [1.82, 2.24) is 10.2 Å². The van der Waals surface area contributed by atoms with Crippen molar-refractivity contribution in [3.05, 3.63) is 35.4 Å². The van der Waals surface area contributed by atoms with E-state index < -0.39 is 0 Å². The van der Waals surface area contributed by atoms with Crippen molar-refractivity contribution in [2.45, 2.75) is 6.42 Å². The van der Waals surface area contributed by atoms with Crippen LogP contribution in [-0.2, 0) is 4.79 Å². The van der Waals surface area contributed by atoms with E-state index in [9.17, 15) is 9.59 Å². The molecule has 0 bridgehead atoms. The van der Waals surface area contributed by atoms with Gasteiger partial charge in [-0.05, 0) is 12.1 Å². The molecule has 19 heavy (non-hydrogen) atoms. The van der Waals surface area contributed by atoms with Crippen molar-refractivity contribution in [2.24, 2.45) is 5.73 Å². The Hall–Kier alpha value is -1.95. The average Bonchev–Trinajstić information content (AvgIpc) is 2.38. The highest BCUT2D eigenvalue weighted by Crippen LogP contribution is 2.05. The molecule has 0 radical (unpaired) electrons. The zero-order valence-corrected chi connectivity index (χ0v) is 11.8. The minimum Gasteiger partial charge on any atom is -0.389 e. The van der Waals surface area contributed by atoms with Crippen LogP contribution in [-0.4, -0.2) is 42.3 Å². The van der Waals surface area contributed by atoms with E-state index in [2.05, 4.69) is 5.32 Å². The lowest BCUT2D eigenvalue weighted by atomic mass is 10.1. The van der Waals surface area contributed by atoms with E-state index in [-0.39, 0.29) is 23.2 Å². The Morgan fingerprint density at radius 2 is 1.95 bits per heavy atom. The Labute approximate surface area is 117 Å². The molecule has 0 saturated heterocycles. The molecule has 0 heterocycles. The van der Waals surface area contributed by atoms with Crippen LogP contribution in [0.15, 0.2) is 24.3 Å². The molecule has 0 aliphatic carbocycles. The van der Waals surface area contributed by atoms with Gasteiger partial charge in [-0.3, -0.25) is 9.59 Å². The van der Waals surface area contributed by atoms with E-state index in [0.717, 1.165) is 0 Å². The molecule has 0 saturated carbocycles. The number of carbonyl (C=O) groups is 2. The highest BCUT2D eigenvalue weighted by atomic mass is 32.1. The summed E-state index contributed by atoms with van der Waals surface area (Å²) in [5.41, 5.74) is 6.63. The molecule has 5 nitrogen and oxygen atoms in total. The van der Waals surface area contributed by atoms with Crippen LogP contribution in [0.5, 0.6) is 0 Å². The first-order chi connectivity index (χ1) is 8.91. The number of amides is 2. The molecule has 3 N–H and O–H groups in total. The third kappa shape index (κ3) is 4.67. The van der Waals surface area contributed by atoms with Crippen LogP contribution in [0.3, 0.4) is 0 Å². The van der Waals surface area contributed by atoms with Crippen molar-refractivity contribution in [3.63, 3.8) is 0 Å². The standard InChI is InChI=1S/C13H17N3O2S/c1-16(2)11(17)6-7-15-13(18)10-5-3-4-9(8-10)12(14)19/h3-5,8H,6-7H2,1-2H3,(H2,14,19)(H,15,18). The number of nitrogens with zero attached hydrogens (tertiary/aromatic N) is 1. The zero-order valence-electron chi connectivity index (χ0n) is 11.0. The Morgan fingerprint density at radius 3 is 2.53 bits per heavy atom. The Bertz CT molecular complexity index is 500. The monoisotopic (exact) mass is 279 g/mol. The van der Waals surface area contributed by atoms with Gasteiger partial charge in [0.1, 0.15) is 4.99 Å². The van der Waals surface area contributed by atoms with Crippen molar-refractivity contribution < 1.29 is 9.59 Å². The van der Waals surface area contributed by atoms with Crippen molar-refractivity contribution in [2.75, 3.05) is 20.6 Å². The second-order valence-corrected chi connectivity index (χ2v) is 4.68. The summed E-state index contributed by atoms with van der Waals surface area (Å²) in [5, 5.41) is 2.68. The maximum atomic E-state index is 11.9. The first-order valence-corrected chi connectivity index (χ1v) is 6.21. The molecule has 0 spiro atoms. The fourth-order valence-corrected chi connectivity index (χ4v) is 1.55. The van der Waals surface area contributed by atoms with Gasteiger partial charge in [-0.1, -0.05) is 24.4 Å². The molecule has 2 amide bonds. The molecular weight excluding hydrogens is 262 g/mol. The molecule has 0 unspecified atom stereocenters. The number of hydrogen-bond acceptors (Lipinski definition) is 3. The molecule has 6 heteroatoms. The first kappa shape index (κ1) is 15.1. The fourth-order valence-electron chi connectivity index (χ4n) is 1.42. The molecule has 0 aliphatic rings. The van der Waals surface area contributed by atoms with Gasteiger partial charge in [-0.15, -0.1) is 0 Å². The molecule has 0 fully saturated rings. The lowest BCUT2D eigenvalue weighted by Crippen LogP contribution is -2.30. The Balaban J connectivity index is 2.57. The van der Waals surface area contributed by atoms with Gasteiger partial charge in [-0.2, -0.15) is 0 Å².